The molecule has 21 nitrogen and oxygen atoms in total. The number of piperazine rings is 2. The van der Waals surface area contributed by atoms with Crippen LogP contribution in [0.5, 0.6) is 11.8 Å². The van der Waals surface area contributed by atoms with E-state index in [0.29, 0.717) is 67.1 Å². The lowest BCUT2D eigenvalue weighted by molar-refractivity contribution is -0.138. The number of halogens is 6. The number of methoxy groups -OCH3 is 2. The lowest BCUT2D eigenvalue weighted by Gasteiger charge is -2.35. The Balaban J connectivity index is 0.000000226. The zero-order chi connectivity index (χ0) is 56.1. The number of nitrogens with zero attached hydrogens (tertiary/aromatic N) is 10. The van der Waals surface area contributed by atoms with Gasteiger partial charge in [0.2, 0.25) is 41.4 Å². The number of amides is 3. The second kappa shape index (κ2) is 25.0. The molecule has 2 aliphatic heterocycles. The summed E-state index contributed by atoms with van der Waals surface area (Å²) < 4.78 is 93.3. The van der Waals surface area contributed by atoms with E-state index in [9.17, 15) is 40.7 Å². The number of likely N-dealkylation sites (N-methyl/N-ethyl adjacent to an activating group) is 1. The highest BCUT2D eigenvalue weighted by atomic mass is 19.4. The SMILES string of the molecule is C=CC(=O)Nc1cccc(Nc2nc(Nc3ccc(N4CCN(C(C)=O)CC4)nc3OC)ncc2C(F)(F)F)c1.C=CC(=O)Nc1cccc(Nc2nc(Nc3ccc(N4CCN(C)CC4)nc3OC)ncc2C(F)(F)F)c1. The summed E-state index contributed by atoms with van der Waals surface area (Å²) in [5.41, 5.74) is -0.142. The maximum Gasteiger partial charge on any atom is 0.421 e. The summed E-state index contributed by atoms with van der Waals surface area (Å²) in [6.45, 7) is 14.0. The van der Waals surface area contributed by atoms with E-state index in [1.54, 1.807) is 53.4 Å². The zero-order valence-corrected chi connectivity index (χ0v) is 42.6. The molecule has 78 heavy (non-hydrogen) atoms. The standard InChI is InChI=1S/C26H27F3N8O3.C25H27F3N8O2/c1-4-22(39)31-17-6-5-7-18(14-17)32-23-19(26(27,28)29)15-30-25(35-23)33-20-8-9-21(34-24(20)40-3)37-12-10-36(11-13-37)16(2)38;1-4-21(37)30-16-6-5-7-17(14-16)31-22-18(25(26,27)28)15-29-24(34-22)32-19-8-9-20(33-23(19)38-3)36-12-10-35(2)11-13-36/h4-9,14-15H,1,10-13H2,2-3H3,(H,31,39)(H2,30,32,33,35);4-9,14-15H,1,10-13H2,2-3H3,(H,30,37)(H2,29,31,32,34). The molecule has 2 aromatic carbocycles. The van der Waals surface area contributed by atoms with Gasteiger partial charge in [0.15, 0.2) is 0 Å². The van der Waals surface area contributed by atoms with E-state index in [1.165, 1.54) is 39.3 Å². The van der Waals surface area contributed by atoms with Crippen LogP contribution in [-0.2, 0) is 26.7 Å². The smallest absolute Gasteiger partial charge is 0.421 e. The minimum Gasteiger partial charge on any atom is -0.479 e. The number of aromatic nitrogens is 6. The Bertz CT molecular complexity index is 3130. The third kappa shape index (κ3) is 15.0. The largest absolute Gasteiger partial charge is 0.479 e. The lowest BCUT2D eigenvalue weighted by atomic mass is 10.2. The van der Waals surface area contributed by atoms with Crippen molar-refractivity contribution in [1.82, 2.24) is 39.7 Å². The summed E-state index contributed by atoms with van der Waals surface area (Å²) in [7, 11) is 4.94. The average molecular weight is 1090 g/mol. The van der Waals surface area contributed by atoms with Crippen LogP contribution in [0.3, 0.4) is 0 Å². The van der Waals surface area contributed by atoms with Crippen LogP contribution < -0.4 is 51.2 Å². The quantitative estimate of drug-likeness (QED) is 0.0394. The van der Waals surface area contributed by atoms with E-state index in [2.05, 4.69) is 91.8 Å². The molecule has 2 fully saturated rings. The summed E-state index contributed by atoms with van der Waals surface area (Å²) >= 11 is 0. The van der Waals surface area contributed by atoms with Crippen molar-refractivity contribution in [2.75, 3.05) is 115 Å². The molecule has 4 aromatic heterocycles. The number of carbonyl (C=O) groups excluding carboxylic acids is 3. The van der Waals surface area contributed by atoms with Crippen molar-refractivity contribution >= 4 is 87.0 Å². The molecule has 0 bridgehead atoms. The van der Waals surface area contributed by atoms with Gasteiger partial charge in [-0.1, -0.05) is 25.3 Å². The summed E-state index contributed by atoms with van der Waals surface area (Å²) in [6.07, 6.45) is -5.91. The molecule has 6 aromatic rings. The average Bonchev–Trinajstić information content (AvgIpc) is 3.46. The van der Waals surface area contributed by atoms with Gasteiger partial charge in [0.1, 0.15) is 45.8 Å². The van der Waals surface area contributed by atoms with Gasteiger partial charge >= 0.3 is 12.4 Å². The molecule has 410 valence electrons. The summed E-state index contributed by atoms with van der Waals surface area (Å²) in [5, 5.41) is 16.2. The summed E-state index contributed by atoms with van der Waals surface area (Å²) in [6, 6.07) is 19.2. The first-order valence-electron chi connectivity index (χ1n) is 23.8. The predicted octanol–water partition coefficient (Wildman–Crippen LogP) is 8.44. The molecule has 8 rings (SSSR count). The van der Waals surface area contributed by atoms with Crippen molar-refractivity contribution in [1.29, 1.82) is 0 Å². The van der Waals surface area contributed by atoms with E-state index in [1.807, 2.05) is 11.0 Å². The molecule has 6 N–H and O–H groups in total. The highest BCUT2D eigenvalue weighted by Gasteiger charge is 2.37. The van der Waals surface area contributed by atoms with Gasteiger partial charge in [0.25, 0.3) is 0 Å². The number of hydrogen-bond acceptors (Lipinski definition) is 18. The molecule has 0 spiro atoms. The van der Waals surface area contributed by atoms with Crippen molar-refractivity contribution in [3.63, 3.8) is 0 Å². The lowest BCUT2D eigenvalue weighted by Crippen LogP contribution is -2.48. The van der Waals surface area contributed by atoms with Gasteiger partial charge < -0.3 is 61.0 Å². The topological polar surface area (TPSA) is 232 Å². The summed E-state index contributed by atoms with van der Waals surface area (Å²) in [4.78, 5) is 67.8. The molecule has 0 radical (unpaired) electrons. The summed E-state index contributed by atoms with van der Waals surface area (Å²) in [5.74, 6) is -0.279. The molecule has 3 amide bonds. The van der Waals surface area contributed by atoms with Gasteiger partial charge in [-0.3, -0.25) is 14.4 Å². The molecular formula is C51H54F6N16O5. The van der Waals surface area contributed by atoms with Crippen LogP contribution >= 0.6 is 0 Å². The van der Waals surface area contributed by atoms with Crippen LogP contribution in [0.25, 0.3) is 0 Å². The fourth-order valence-electron chi connectivity index (χ4n) is 7.74. The van der Waals surface area contributed by atoms with Crippen LogP contribution in [0, 0.1) is 0 Å². The van der Waals surface area contributed by atoms with Crippen molar-refractivity contribution in [2.45, 2.75) is 19.3 Å². The third-order valence-electron chi connectivity index (χ3n) is 11.8. The van der Waals surface area contributed by atoms with E-state index < -0.39 is 46.9 Å². The maximum absolute atomic E-state index is 13.8. The molecule has 0 atom stereocenters. The molecule has 0 aliphatic carbocycles. The predicted molar refractivity (Wildman–Crippen MR) is 283 cm³/mol. The second-order valence-corrected chi connectivity index (χ2v) is 17.2. The molecule has 6 heterocycles. The Morgan fingerprint density at radius 3 is 1.33 bits per heavy atom. The first kappa shape index (κ1) is 56.5. The number of alkyl halides is 6. The van der Waals surface area contributed by atoms with E-state index in [-0.39, 0.29) is 40.9 Å². The number of benzene rings is 2. The zero-order valence-electron chi connectivity index (χ0n) is 42.6. The van der Waals surface area contributed by atoms with Gasteiger partial charge in [-0.2, -0.15) is 46.3 Å². The van der Waals surface area contributed by atoms with Gasteiger partial charge in [0, 0.05) is 94.4 Å². The van der Waals surface area contributed by atoms with Crippen LogP contribution in [0.15, 0.2) is 111 Å². The number of pyridine rings is 2. The van der Waals surface area contributed by atoms with Crippen LogP contribution in [-0.4, -0.2) is 131 Å². The Morgan fingerprint density at radius 1 is 0.564 bits per heavy atom. The van der Waals surface area contributed by atoms with Gasteiger partial charge in [-0.15, -0.1) is 0 Å². The fourth-order valence-corrected chi connectivity index (χ4v) is 7.74. The molecule has 2 saturated heterocycles. The number of hydrogen-bond donors (Lipinski definition) is 6. The molecule has 0 unspecified atom stereocenters. The number of carbonyl (C=O) groups is 3. The fraction of sp³-hybridized carbons (Fsp3) is 0.275. The molecule has 2 aliphatic rings. The highest BCUT2D eigenvalue weighted by Crippen LogP contribution is 2.38. The number of nitrogens with one attached hydrogen (secondary N) is 6. The second-order valence-electron chi connectivity index (χ2n) is 17.2. The van der Waals surface area contributed by atoms with Gasteiger partial charge in [-0.05, 0) is 79.9 Å². The van der Waals surface area contributed by atoms with Gasteiger partial charge in [0.05, 0.1) is 14.2 Å². The van der Waals surface area contributed by atoms with Crippen molar-refractivity contribution < 1.29 is 50.2 Å². The van der Waals surface area contributed by atoms with Crippen molar-refractivity contribution in [3.8, 4) is 11.8 Å². The Labute approximate surface area is 443 Å². The Hall–Kier alpha value is -9.27. The minimum atomic E-state index is -4.73. The highest BCUT2D eigenvalue weighted by molar-refractivity contribution is 5.99. The third-order valence-corrected chi connectivity index (χ3v) is 11.8. The molecule has 27 heteroatoms. The van der Waals surface area contributed by atoms with E-state index in [0.717, 1.165) is 44.1 Å². The number of ether oxygens (including phenoxy) is 2. The first-order chi connectivity index (χ1) is 37.2. The normalized spacial score (nSPS) is 13.7. The number of anilines is 12. The van der Waals surface area contributed by atoms with Crippen LogP contribution in [0.4, 0.5) is 95.6 Å². The van der Waals surface area contributed by atoms with Gasteiger partial charge in [-0.25, -0.2) is 9.97 Å². The Kier molecular flexibility index (Phi) is 18.1. The minimum absolute atomic E-state index is 0.0160. The van der Waals surface area contributed by atoms with Crippen molar-refractivity contribution in [2.24, 2.45) is 0 Å². The van der Waals surface area contributed by atoms with E-state index >= 15 is 0 Å². The monoisotopic (exact) mass is 1080 g/mol. The number of rotatable bonds is 16. The maximum atomic E-state index is 13.8. The van der Waals surface area contributed by atoms with E-state index in [4.69, 9.17) is 9.47 Å². The van der Waals surface area contributed by atoms with Crippen LogP contribution in [0.1, 0.15) is 18.1 Å². The molecular weight excluding hydrogens is 1030 g/mol. The molecule has 0 saturated carbocycles. The Morgan fingerprint density at radius 2 is 0.962 bits per heavy atom. The van der Waals surface area contributed by atoms with Crippen molar-refractivity contribution in [3.05, 3.63) is 122 Å². The first-order valence-corrected chi connectivity index (χ1v) is 23.8. The van der Waals surface area contributed by atoms with Crippen LogP contribution in [0.2, 0.25) is 0 Å².